The van der Waals surface area contributed by atoms with Gasteiger partial charge in [-0.05, 0) is 44.2 Å². The highest BCUT2D eigenvalue weighted by Gasteiger charge is 2.21. The summed E-state index contributed by atoms with van der Waals surface area (Å²) in [5.74, 6) is 1.03. The van der Waals surface area contributed by atoms with Crippen LogP contribution >= 0.6 is 0 Å². The Hall–Kier alpha value is -3.35. The Labute approximate surface area is 156 Å². The van der Waals surface area contributed by atoms with E-state index in [9.17, 15) is 4.79 Å². The van der Waals surface area contributed by atoms with Crippen molar-refractivity contribution in [3.05, 3.63) is 48.0 Å². The normalized spacial score (nSPS) is 12.7. The molecule has 0 spiro atoms. The predicted molar refractivity (Wildman–Crippen MR) is 98.9 cm³/mol. The van der Waals surface area contributed by atoms with Crippen LogP contribution in [0.4, 0.5) is 0 Å². The van der Waals surface area contributed by atoms with Crippen molar-refractivity contribution in [2.75, 3.05) is 19.8 Å². The van der Waals surface area contributed by atoms with Crippen molar-refractivity contribution < 1.29 is 19.0 Å². The zero-order valence-electron chi connectivity index (χ0n) is 15.1. The average Bonchev–Trinajstić information content (AvgIpc) is 3.13. The molecule has 0 fully saturated rings. The van der Waals surface area contributed by atoms with E-state index in [0.29, 0.717) is 30.4 Å². The third-order valence-electron chi connectivity index (χ3n) is 4.17. The van der Waals surface area contributed by atoms with Crippen LogP contribution in [0.2, 0.25) is 0 Å². The second-order valence-electron chi connectivity index (χ2n) is 6.07. The van der Waals surface area contributed by atoms with Crippen LogP contribution in [0.15, 0.2) is 36.5 Å². The molecule has 7 nitrogen and oxygen atoms in total. The molecule has 0 amide bonds. The molecule has 0 radical (unpaired) electrons. The number of benzene rings is 1. The van der Waals surface area contributed by atoms with Crippen molar-refractivity contribution in [2.45, 2.75) is 13.8 Å². The average molecular weight is 365 g/mol. The van der Waals surface area contributed by atoms with Crippen LogP contribution in [0, 0.1) is 6.92 Å². The smallest absolute Gasteiger partial charge is 0.374 e. The number of pyridine rings is 1. The molecular weight excluding hydrogens is 346 g/mol. The summed E-state index contributed by atoms with van der Waals surface area (Å²) >= 11 is 0. The van der Waals surface area contributed by atoms with Crippen LogP contribution in [0.25, 0.3) is 22.5 Å². The number of H-pyrrole nitrogens is 1. The van der Waals surface area contributed by atoms with Gasteiger partial charge in [-0.1, -0.05) is 0 Å². The fraction of sp³-hybridized carbons (Fsp3) is 0.250. The number of nitrogens with one attached hydrogen (secondary N) is 1. The van der Waals surface area contributed by atoms with Crippen molar-refractivity contribution >= 4 is 5.97 Å². The van der Waals surface area contributed by atoms with Crippen molar-refractivity contribution in [1.29, 1.82) is 0 Å². The molecule has 1 aliphatic heterocycles. The van der Waals surface area contributed by atoms with Gasteiger partial charge in [-0.25, -0.2) is 9.78 Å². The number of fused-ring (bicyclic) bond motifs is 1. The molecule has 0 atom stereocenters. The van der Waals surface area contributed by atoms with Gasteiger partial charge in [0.2, 0.25) is 5.82 Å². The Morgan fingerprint density at radius 2 is 1.96 bits per heavy atom. The number of aromatic amines is 1. The number of imidazole rings is 1. The minimum absolute atomic E-state index is 0.159. The maximum Gasteiger partial charge on any atom is 0.374 e. The predicted octanol–water partition coefficient (Wildman–Crippen LogP) is 3.40. The quantitative estimate of drug-likeness (QED) is 0.713. The number of nitrogens with zero attached hydrogens (tertiary/aromatic N) is 2. The number of rotatable bonds is 4. The monoisotopic (exact) mass is 365 g/mol. The molecule has 1 aromatic carbocycles. The highest BCUT2D eigenvalue weighted by molar-refractivity contribution is 5.90. The Balaban J connectivity index is 1.84. The van der Waals surface area contributed by atoms with E-state index in [4.69, 9.17) is 14.2 Å². The van der Waals surface area contributed by atoms with E-state index in [0.717, 1.165) is 22.5 Å². The molecule has 0 bridgehead atoms. The molecule has 0 unspecified atom stereocenters. The lowest BCUT2D eigenvalue weighted by Crippen LogP contribution is -2.15. The molecule has 27 heavy (non-hydrogen) atoms. The molecule has 0 saturated carbocycles. The molecule has 0 aliphatic carbocycles. The van der Waals surface area contributed by atoms with E-state index in [1.807, 2.05) is 37.3 Å². The van der Waals surface area contributed by atoms with Crippen LogP contribution in [0.1, 0.15) is 23.2 Å². The number of aryl methyl sites for hydroxylation is 1. The summed E-state index contributed by atoms with van der Waals surface area (Å²) in [5.41, 5.74) is 3.93. The SMILES string of the molecule is CCOC(=O)c1nc(-c2ccc3c(c2)OCCO3)c(-c2ccnc(C)c2)[nH]1. The van der Waals surface area contributed by atoms with Gasteiger partial charge < -0.3 is 19.2 Å². The molecule has 1 N–H and O–H groups in total. The van der Waals surface area contributed by atoms with Gasteiger partial charge in [0, 0.05) is 23.0 Å². The van der Waals surface area contributed by atoms with Gasteiger partial charge in [-0.15, -0.1) is 0 Å². The molecule has 2 aromatic heterocycles. The summed E-state index contributed by atoms with van der Waals surface area (Å²) in [5, 5.41) is 0. The van der Waals surface area contributed by atoms with Crippen molar-refractivity contribution in [3.63, 3.8) is 0 Å². The first-order valence-electron chi connectivity index (χ1n) is 8.76. The van der Waals surface area contributed by atoms with Gasteiger partial charge in [0.05, 0.1) is 18.0 Å². The second-order valence-corrected chi connectivity index (χ2v) is 6.07. The van der Waals surface area contributed by atoms with Crippen molar-refractivity contribution in [2.24, 2.45) is 0 Å². The molecule has 0 saturated heterocycles. The number of ether oxygens (including phenoxy) is 3. The third-order valence-corrected chi connectivity index (χ3v) is 4.17. The fourth-order valence-corrected chi connectivity index (χ4v) is 2.98. The zero-order chi connectivity index (χ0) is 18.8. The van der Waals surface area contributed by atoms with Crippen molar-refractivity contribution in [3.8, 4) is 34.0 Å². The molecule has 1 aliphatic rings. The minimum atomic E-state index is -0.492. The highest BCUT2D eigenvalue weighted by atomic mass is 16.6. The maximum atomic E-state index is 12.2. The van der Waals surface area contributed by atoms with Crippen LogP contribution in [-0.4, -0.2) is 40.7 Å². The van der Waals surface area contributed by atoms with E-state index < -0.39 is 5.97 Å². The fourth-order valence-electron chi connectivity index (χ4n) is 2.98. The number of hydrogen-bond acceptors (Lipinski definition) is 6. The standard InChI is InChI=1S/C20H19N3O4/c1-3-25-20(24)19-22-17(18(23-19)14-6-7-21-12(2)10-14)13-4-5-15-16(11-13)27-9-8-26-15/h4-7,10-11H,3,8-9H2,1-2H3,(H,22,23). The molecule has 3 aromatic rings. The summed E-state index contributed by atoms with van der Waals surface area (Å²) in [4.78, 5) is 24.0. The van der Waals surface area contributed by atoms with E-state index in [-0.39, 0.29) is 12.4 Å². The Morgan fingerprint density at radius 3 is 2.74 bits per heavy atom. The summed E-state index contributed by atoms with van der Waals surface area (Å²) in [6.07, 6.45) is 1.73. The first kappa shape index (κ1) is 17.1. The maximum absolute atomic E-state index is 12.2. The number of carbonyl (C=O) groups is 1. The van der Waals surface area contributed by atoms with E-state index >= 15 is 0 Å². The van der Waals surface area contributed by atoms with Gasteiger partial charge in [0.15, 0.2) is 11.5 Å². The largest absolute Gasteiger partial charge is 0.486 e. The summed E-state index contributed by atoms with van der Waals surface area (Å²) in [7, 11) is 0. The Morgan fingerprint density at radius 1 is 1.15 bits per heavy atom. The lowest BCUT2D eigenvalue weighted by molar-refractivity contribution is 0.0513. The van der Waals surface area contributed by atoms with Gasteiger partial charge in [0.1, 0.15) is 13.2 Å². The summed E-state index contributed by atoms with van der Waals surface area (Å²) < 4.78 is 16.4. The van der Waals surface area contributed by atoms with Crippen LogP contribution in [0.5, 0.6) is 11.5 Å². The second kappa shape index (κ2) is 7.11. The first-order chi connectivity index (χ1) is 13.2. The highest BCUT2D eigenvalue weighted by Crippen LogP contribution is 2.37. The molecule has 138 valence electrons. The lowest BCUT2D eigenvalue weighted by atomic mass is 10.0. The van der Waals surface area contributed by atoms with Crippen LogP contribution < -0.4 is 9.47 Å². The molecule has 3 heterocycles. The van der Waals surface area contributed by atoms with Crippen LogP contribution in [-0.2, 0) is 4.74 Å². The molecular formula is C20H19N3O4. The third kappa shape index (κ3) is 3.36. The topological polar surface area (TPSA) is 86.3 Å². The minimum Gasteiger partial charge on any atom is -0.486 e. The van der Waals surface area contributed by atoms with Gasteiger partial charge in [-0.3, -0.25) is 4.98 Å². The zero-order valence-corrected chi connectivity index (χ0v) is 15.1. The lowest BCUT2D eigenvalue weighted by Gasteiger charge is -2.18. The molecule has 7 heteroatoms. The molecule has 4 rings (SSSR count). The van der Waals surface area contributed by atoms with Gasteiger partial charge in [-0.2, -0.15) is 0 Å². The number of aromatic nitrogens is 3. The Kier molecular flexibility index (Phi) is 4.50. The number of esters is 1. The van der Waals surface area contributed by atoms with E-state index in [1.54, 1.807) is 13.1 Å². The van der Waals surface area contributed by atoms with E-state index in [2.05, 4.69) is 15.0 Å². The summed E-state index contributed by atoms with van der Waals surface area (Å²) in [6, 6.07) is 9.43. The van der Waals surface area contributed by atoms with Gasteiger partial charge in [0.25, 0.3) is 0 Å². The number of carbonyl (C=O) groups excluding carboxylic acids is 1. The van der Waals surface area contributed by atoms with Crippen LogP contribution in [0.3, 0.4) is 0 Å². The van der Waals surface area contributed by atoms with E-state index in [1.165, 1.54) is 0 Å². The first-order valence-corrected chi connectivity index (χ1v) is 8.76. The Bertz CT molecular complexity index is 997. The van der Waals surface area contributed by atoms with Gasteiger partial charge >= 0.3 is 5.97 Å². The number of hydrogen-bond donors (Lipinski definition) is 1. The summed E-state index contributed by atoms with van der Waals surface area (Å²) in [6.45, 7) is 4.99. The van der Waals surface area contributed by atoms with Crippen molar-refractivity contribution in [1.82, 2.24) is 15.0 Å².